The molecule has 92 valence electrons. The molecule has 0 amide bonds. The van der Waals surface area contributed by atoms with E-state index >= 15 is 0 Å². The lowest BCUT2D eigenvalue weighted by atomic mass is 10.1. The lowest BCUT2D eigenvalue weighted by Gasteiger charge is -2.24. The number of halogens is 1. The number of benzene rings is 1. The zero-order valence-electron chi connectivity index (χ0n) is 10.1. The number of methoxy groups -OCH3 is 1. The van der Waals surface area contributed by atoms with Crippen LogP contribution in [0, 0.1) is 11.2 Å². The first-order valence-electron chi connectivity index (χ1n) is 5.63. The zero-order chi connectivity index (χ0) is 12.5. The number of anilines is 1. The smallest absolute Gasteiger partial charge is 0.313 e. The third-order valence-electron chi connectivity index (χ3n) is 3.28. The van der Waals surface area contributed by atoms with Gasteiger partial charge in [-0.3, -0.25) is 4.79 Å². The van der Waals surface area contributed by atoms with Crippen LogP contribution in [0.2, 0.25) is 0 Å². The largest absolute Gasteiger partial charge is 0.469 e. The molecule has 1 saturated carbocycles. The SMILES string of the molecule is COC(=O)C1(CN(C)c2ccccc2F)CC1. The maximum absolute atomic E-state index is 13.6. The van der Waals surface area contributed by atoms with Gasteiger partial charge >= 0.3 is 5.97 Å². The van der Waals surface area contributed by atoms with Gasteiger partial charge in [0.2, 0.25) is 0 Å². The molecule has 1 aromatic rings. The molecule has 1 aliphatic rings. The van der Waals surface area contributed by atoms with E-state index in [-0.39, 0.29) is 11.8 Å². The Hall–Kier alpha value is -1.58. The van der Waals surface area contributed by atoms with Crippen LogP contribution in [-0.2, 0) is 9.53 Å². The van der Waals surface area contributed by atoms with Crippen LogP contribution in [0.4, 0.5) is 10.1 Å². The van der Waals surface area contributed by atoms with Crippen molar-refractivity contribution < 1.29 is 13.9 Å². The standard InChI is InChI=1S/C13H16FNO2/c1-15(11-6-4-3-5-10(11)14)9-13(7-8-13)12(16)17-2/h3-6H,7-9H2,1-2H3. The molecule has 0 saturated heterocycles. The molecule has 0 atom stereocenters. The van der Waals surface area contributed by atoms with Crippen molar-refractivity contribution in [2.75, 3.05) is 25.6 Å². The monoisotopic (exact) mass is 237 g/mol. The van der Waals surface area contributed by atoms with E-state index < -0.39 is 5.41 Å². The average Bonchev–Trinajstić information content (AvgIpc) is 3.09. The Morgan fingerprint density at radius 1 is 1.47 bits per heavy atom. The third-order valence-corrected chi connectivity index (χ3v) is 3.28. The zero-order valence-corrected chi connectivity index (χ0v) is 10.1. The maximum Gasteiger partial charge on any atom is 0.313 e. The normalized spacial score (nSPS) is 16.4. The van der Waals surface area contributed by atoms with E-state index in [1.165, 1.54) is 13.2 Å². The van der Waals surface area contributed by atoms with E-state index in [1.54, 1.807) is 30.1 Å². The fourth-order valence-corrected chi connectivity index (χ4v) is 2.09. The summed E-state index contributed by atoms with van der Waals surface area (Å²) in [6.45, 7) is 0.501. The summed E-state index contributed by atoms with van der Waals surface area (Å²) in [5, 5.41) is 0. The van der Waals surface area contributed by atoms with E-state index in [9.17, 15) is 9.18 Å². The molecule has 0 aliphatic heterocycles. The van der Waals surface area contributed by atoms with Gasteiger partial charge in [0.05, 0.1) is 18.2 Å². The Labute approximate surface area is 100 Å². The van der Waals surface area contributed by atoms with Crippen LogP contribution in [0.25, 0.3) is 0 Å². The molecule has 0 aromatic heterocycles. The molecule has 1 aliphatic carbocycles. The number of hydrogen-bond donors (Lipinski definition) is 0. The first-order valence-corrected chi connectivity index (χ1v) is 5.63. The van der Waals surface area contributed by atoms with Gasteiger partial charge in [-0.25, -0.2) is 4.39 Å². The summed E-state index contributed by atoms with van der Waals surface area (Å²) in [5.74, 6) is -0.462. The molecule has 3 nitrogen and oxygen atoms in total. The molecular weight excluding hydrogens is 221 g/mol. The average molecular weight is 237 g/mol. The number of rotatable bonds is 4. The summed E-state index contributed by atoms with van der Waals surface area (Å²) in [6, 6.07) is 6.57. The van der Waals surface area contributed by atoms with Crippen molar-refractivity contribution in [1.29, 1.82) is 0 Å². The second-order valence-electron chi connectivity index (χ2n) is 4.58. The van der Waals surface area contributed by atoms with Crippen LogP contribution < -0.4 is 4.90 Å². The van der Waals surface area contributed by atoms with Gasteiger partial charge in [0, 0.05) is 13.6 Å². The highest BCUT2D eigenvalue weighted by Gasteiger charge is 2.51. The van der Waals surface area contributed by atoms with Gasteiger partial charge in [-0.2, -0.15) is 0 Å². The molecule has 0 radical (unpaired) electrons. The molecule has 0 bridgehead atoms. The van der Waals surface area contributed by atoms with Crippen molar-refractivity contribution in [2.24, 2.45) is 5.41 Å². The maximum atomic E-state index is 13.6. The summed E-state index contributed by atoms with van der Waals surface area (Å²) in [6.07, 6.45) is 1.64. The van der Waals surface area contributed by atoms with Crippen molar-refractivity contribution in [1.82, 2.24) is 0 Å². The highest BCUT2D eigenvalue weighted by molar-refractivity contribution is 5.80. The summed E-state index contributed by atoms with van der Waals surface area (Å²) < 4.78 is 18.3. The van der Waals surface area contributed by atoms with E-state index in [0.29, 0.717) is 12.2 Å². The summed E-state index contributed by atoms with van der Waals surface area (Å²) in [7, 11) is 3.19. The second-order valence-corrected chi connectivity index (χ2v) is 4.58. The third kappa shape index (κ3) is 2.25. The highest BCUT2D eigenvalue weighted by Crippen LogP contribution is 2.47. The number of esters is 1. The Morgan fingerprint density at radius 2 is 2.12 bits per heavy atom. The van der Waals surface area contributed by atoms with Crippen molar-refractivity contribution in [2.45, 2.75) is 12.8 Å². The van der Waals surface area contributed by atoms with Crippen LogP contribution in [-0.4, -0.2) is 26.7 Å². The summed E-state index contributed by atoms with van der Waals surface area (Å²) >= 11 is 0. The first kappa shape index (κ1) is 11.9. The number of ether oxygens (including phenoxy) is 1. The highest BCUT2D eigenvalue weighted by atomic mass is 19.1. The fraction of sp³-hybridized carbons (Fsp3) is 0.462. The summed E-state index contributed by atoms with van der Waals surface area (Å²) in [4.78, 5) is 13.4. The number of nitrogens with zero attached hydrogens (tertiary/aromatic N) is 1. The van der Waals surface area contributed by atoms with Gasteiger partial charge in [-0.1, -0.05) is 12.1 Å². The van der Waals surface area contributed by atoms with Crippen molar-refractivity contribution in [3.63, 3.8) is 0 Å². The molecule has 0 N–H and O–H groups in total. The van der Waals surface area contributed by atoms with Crippen LogP contribution in [0.1, 0.15) is 12.8 Å². The van der Waals surface area contributed by atoms with E-state index in [4.69, 9.17) is 4.74 Å². The lowest BCUT2D eigenvalue weighted by molar-refractivity contribution is -0.146. The van der Waals surface area contributed by atoms with Crippen LogP contribution in [0.3, 0.4) is 0 Å². The van der Waals surface area contributed by atoms with E-state index in [0.717, 1.165) is 12.8 Å². The van der Waals surface area contributed by atoms with E-state index in [2.05, 4.69) is 0 Å². The van der Waals surface area contributed by atoms with Crippen molar-refractivity contribution in [3.8, 4) is 0 Å². The topological polar surface area (TPSA) is 29.5 Å². The van der Waals surface area contributed by atoms with Gasteiger partial charge in [0.1, 0.15) is 5.82 Å². The molecule has 0 heterocycles. The lowest BCUT2D eigenvalue weighted by Crippen LogP contribution is -2.33. The molecule has 17 heavy (non-hydrogen) atoms. The van der Waals surface area contributed by atoms with Gasteiger partial charge in [0.25, 0.3) is 0 Å². The molecule has 1 aromatic carbocycles. The summed E-state index contributed by atoms with van der Waals surface area (Å²) in [5.41, 5.74) is 0.0915. The van der Waals surface area contributed by atoms with Crippen molar-refractivity contribution >= 4 is 11.7 Å². The fourth-order valence-electron chi connectivity index (χ4n) is 2.09. The molecule has 1 fully saturated rings. The minimum Gasteiger partial charge on any atom is -0.469 e. The van der Waals surface area contributed by atoms with Gasteiger partial charge < -0.3 is 9.64 Å². The Kier molecular flexibility index (Phi) is 3.05. The number of carbonyl (C=O) groups excluding carboxylic acids is 1. The quantitative estimate of drug-likeness (QED) is 0.752. The number of hydrogen-bond acceptors (Lipinski definition) is 3. The molecule has 0 spiro atoms. The van der Waals surface area contributed by atoms with Gasteiger partial charge in [0.15, 0.2) is 0 Å². The molecule has 0 unspecified atom stereocenters. The van der Waals surface area contributed by atoms with Gasteiger partial charge in [-0.15, -0.1) is 0 Å². The minimum atomic E-state index is -0.425. The molecular formula is C13H16FNO2. The second kappa shape index (κ2) is 4.35. The number of carbonyl (C=O) groups is 1. The molecule has 2 rings (SSSR count). The van der Waals surface area contributed by atoms with Gasteiger partial charge in [-0.05, 0) is 25.0 Å². The Balaban J connectivity index is 2.10. The predicted molar refractivity (Wildman–Crippen MR) is 63.4 cm³/mol. The van der Waals surface area contributed by atoms with E-state index in [1.807, 2.05) is 0 Å². The van der Waals surface area contributed by atoms with Crippen LogP contribution in [0.5, 0.6) is 0 Å². The van der Waals surface area contributed by atoms with Crippen molar-refractivity contribution in [3.05, 3.63) is 30.1 Å². The van der Waals surface area contributed by atoms with Crippen LogP contribution >= 0.6 is 0 Å². The first-order chi connectivity index (χ1) is 8.09. The van der Waals surface area contributed by atoms with Crippen LogP contribution in [0.15, 0.2) is 24.3 Å². The number of para-hydroxylation sites is 1. The predicted octanol–water partition coefficient (Wildman–Crippen LogP) is 2.22. The molecule has 4 heteroatoms. The minimum absolute atomic E-state index is 0.194. The Morgan fingerprint density at radius 3 is 2.65 bits per heavy atom. The Bertz CT molecular complexity index is 429.